The molecule has 2 aromatic rings. The molecule has 116 valence electrons. The first-order valence-electron chi connectivity index (χ1n) is 7.28. The Bertz CT molecular complexity index is 621. The monoisotopic (exact) mass is 301 g/mol. The minimum Gasteiger partial charge on any atom is -0.376 e. The zero-order chi connectivity index (χ0) is 15.4. The molecule has 1 unspecified atom stereocenters. The third-order valence-corrected chi connectivity index (χ3v) is 3.58. The molecule has 1 aliphatic heterocycles. The van der Waals surface area contributed by atoms with Gasteiger partial charge in [0, 0.05) is 12.6 Å². The second-order valence-corrected chi connectivity index (χ2v) is 5.27. The van der Waals surface area contributed by atoms with Crippen molar-refractivity contribution >= 4 is 5.91 Å². The molecule has 3 rings (SSSR count). The van der Waals surface area contributed by atoms with Crippen molar-refractivity contribution in [2.75, 3.05) is 26.9 Å². The lowest BCUT2D eigenvalue weighted by Gasteiger charge is -2.26. The first-order valence-corrected chi connectivity index (χ1v) is 7.28. The second-order valence-electron chi connectivity index (χ2n) is 5.27. The minimum absolute atomic E-state index is 0.0736. The zero-order valence-corrected chi connectivity index (χ0v) is 12.5. The van der Waals surface area contributed by atoms with E-state index in [0.717, 1.165) is 17.0 Å². The predicted octanol–water partition coefficient (Wildman–Crippen LogP) is 1.45. The molecule has 0 radical (unpaired) electrons. The maximum absolute atomic E-state index is 12.3. The Labute approximate surface area is 129 Å². The van der Waals surface area contributed by atoms with Crippen LogP contribution in [0.3, 0.4) is 0 Å². The third-order valence-electron chi connectivity index (χ3n) is 3.58. The van der Waals surface area contributed by atoms with Gasteiger partial charge in [0.25, 0.3) is 5.91 Å². The van der Waals surface area contributed by atoms with Crippen LogP contribution in [-0.4, -0.2) is 54.0 Å². The van der Waals surface area contributed by atoms with E-state index in [-0.39, 0.29) is 5.91 Å². The number of carbonyl (C=O) groups excluding carboxylic acids is 1. The van der Waals surface area contributed by atoms with E-state index in [4.69, 9.17) is 9.47 Å². The average Bonchev–Trinajstić information content (AvgIpc) is 3.04. The molecule has 0 bridgehead atoms. The summed E-state index contributed by atoms with van der Waals surface area (Å²) in [4.78, 5) is 13.9. The van der Waals surface area contributed by atoms with Crippen molar-refractivity contribution in [2.24, 2.45) is 0 Å². The van der Waals surface area contributed by atoms with Crippen molar-refractivity contribution in [2.45, 2.75) is 12.6 Å². The normalized spacial score (nSPS) is 18.1. The zero-order valence-electron chi connectivity index (χ0n) is 12.5. The Morgan fingerprint density at radius 1 is 1.36 bits per heavy atom. The molecule has 1 fully saturated rings. The van der Waals surface area contributed by atoms with Gasteiger partial charge in [0.2, 0.25) is 0 Å². The number of hydrogen-bond donors (Lipinski definition) is 1. The molecular weight excluding hydrogens is 282 g/mol. The fourth-order valence-electron chi connectivity index (χ4n) is 2.41. The molecule has 1 amide bonds. The quantitative estimate of drug-likeness (QED) is 0.928. The number of carbonyl (C=O) groups is 1. The van der Waals surface area contributed by atoms with E-state index in [2.05, 4.69) is 10.2 Å². The van der Waals surface area contributed by atoms with Gasteiger partial charge in [-0.2, -0.15) is 5.10 Å². The van der Waals surface area contributed by atoms with Gasteiger partial charge < -0.3 is 14.4 Å². The summed E-state index contributed by atoms with van der Waals surface area (Å²) in [5, 5.41) is 7.27. The first kappa shape index (κ1) is 14.7. The number of H-pyrrole nitrogens is 1. The van der Waals surface area contributed by atoms with Crippen molar-refractivity contribution in [1.29, 1.82) is 0 Å². The summed E-state index contributed by atoms with van der Waals surface area (Å²) < 4.78 is 10.7. The van der Waals surface area contributed by atoms with Crippen LogP contribution in [-0.2, 0) is 20.8 Å². The molecule has 6 heteroatoms. The molecule has 22 heavy (non-hydrogen) atoms. The number of benzene rings is 1. The Morgan fingerprint density at radius 3 is 2.91 bits per heavy atom. The summed E-state index contributed by atoms with van der Waals surface area (Å²) in [7, 11) is 1.75. The first-order chi connectivity index (χ1) is 10.7. The predicted molar refractivity (Wildman–Crippen MR) is 81.1 cm³/mol. The van der Waals surface area contributed by atoms with E-state index in [0.29, 0.717) is 26.4 Å². The molecule has 1 aliphatic rings. The van der Waals surface area contributed by atoms with Crippen molar-refractivity contribution in [3.05, 3.63) is 42.1 Å². The number of rotatable bonds is 4. The van der Waals surface area contributed by atoms with Crippen LogP contribution in [0.4, 0.5) is 0 Å². The van der Waals surface area contributed by atoms with Crippen LogP contribution in [0, 0.1) is 0 Å². The molecular formula is C16H19N3O3. The third kappa shape index (κ3) is 3.35. The van der Waals surface area contributed by atoms with Crippen molar-refractivity contribution in [3.8, 4) is 11.3 Å². The van der Waals surface area contributed by atoms with E-state index in [1.165, 1.54) is 0 Å². The van der Waals surface area contributed by atoms with Gasteiger partial charge in [-0.15, -0.1) is 0 Å². The van der Waals surface area contributed by atoms with Gasteiger partial charge in [-0.1, -0.05) is 30.3 Å². The maximum atomic E-state index is 12.3. The van der Waals surface area contributed by atoms with Crippen LogP contribution >= 0.6 is 0 Å². The molecule has 6 nitrogen and oxygen atoms in total. The van der Waals surface area contributed by atoms with Gasteiger partial charge in [0.15, 0.2) is 6.10 Å². The Balaban J connectivity index is 1.63. The van der Waals surface area contributed by atoms with Gasteiger partial charge in [-0.05, 0) is 6.07 Å². The van der Waals surface area contributed by atoms with Gasteiger partial charge >= 0.3 is 0 Å². The number of nitrogens with one attached hydrogen (secondary N) is 1. The lowest BCUT2D eigenvalue weighted by atomic mass is 10.1. The average molecular weight is 301 g/mol. The van der Waals surface area contributed by atoms with Crippen LogP contribution in [0.25, 0.3) is 11.3 Å². The van der Waals surface area contributed by atoms with E-state index in [1.807, 2.05) is 36.4 Å². The smallest absolute Gasteiger partial charge is 0.254 e. The van der Waals surface area contributed by atoms with Crippen molar-refractivity contribution in [3.63, 3.8) is 0 Å². The molecule has 2 heterocycles. The summed E-state index contributed by atoms with van der Waals surface area (Å²) in [5.41, 5.74) is 2.79. The lowest BCUT2D eigenvalue weighted by molar-refractivity contribution is -0.157. The van der Waals surface area contributed by atoms with Crippen LogP contribution in [0.2, 0.25) is 0 Å². The number of aromatic amines is 1. The van der Waals surface area contributed by atoms with Crippen LogP contribution in [0.1, 0.15) is 5.69 Å². The van der Waals surface area contributed by atoms with E-state index in [1.54, 1.807) is 11.9 Å². The molecule has 1 aromatic carbocycles. The standard InChI is InChI=1S/C16H19N3O3/c1-19(16(20)15-11-21-7-8-22-15)10-13-9-14(18-17-13)12-5-3-2-4-6-12/h2-6,9,15H,7-8,10-11H2,1H3,(H,17,18). The highest BCUT2D eigenvalue weighted by Gasteiger charge is 2.25. The number of likely N-dealkylation sites (N-methyl/N-ethyl adjacent to an activating group) is 1. The molecule has 0 spiro atoms. The Kier molecular flexibility index (Phi) is 4.50. The fourth-order valence-corrected chi connectivity index (χ4v) is 2.41. The highest BCUT2D eigenvalue weighted by Crippen LogP contribution is 2.17. The van der Waals surface area contributed by atoms with Gasteiger partial charge in [0.1, 0.15) is 0 Å². The van der Waals surface area contributed by atoms with Crippen LogP contribution in [0.15, 0.2) is 36.4 Å². The highest BCUT2D eigenvalue weighted by atomic mass is 16.6. The summed E-state index contributed by atoms with van der Waals surface area (Å²) in [5.74, 6) is -0.0736. The van der Waals surface area contributed by atoms with Gasteiger partial charge in [-0.3, -0.25) is 9.89 Å². The van der Waals surface area contributed by atoms with E-state index in [9.17, 15) is 4.79 Å². The summed E-state index contributed by atoms with van der Waals surface area (Å²) in [6, 6.07) is 11.9. The second kappa shape index (κ2) is 6.72. The number of hydrogen-bond acceptors (Lipinski definition) is 4. The van der Waals surface area contributed by atoms with Gasteiger partial charge in [0.05, 0.1) is 37.8 Å². The van der Waals surface area contributed by atoms with Crippen molar-refractivity contribution in [1.82, 2.24) is 15.1 Å². The molecule has 0 saturated carbocycles. The molecule has 0 aliphatic carbocycles. The number of nitrogens with zero attached hydrogens (tertiary/aromatic N) is 2. The number of amides is 1. The Hall–Kier alpha value is -2.18. The molecule has 1 aromatic heterocycles. The molecule has 1 atom stereocenters. The Morgan fingerprint density at radius 2 is 2.18 bits per heavy atom. The highest BCUT2D eigenvalue weighted by molar-refractivity contribution is 5.80. The maximum Gasteiger partial charge on any atom is 0.254 e. The van der Waals surface area contributed by atoms with Crippen LogP contribution in [0.5, 0.6) is 0 Å². The summed E-state index contributed by atoms with van der Waals surface area (Å²) in [6.45, 7) is 1.79. The topological polar surface area (TPSA) is 67.5 Å². The van der Waals surface area contributed by atoms with Crippen LogP contribution < -0.4 is 0 Å². The summed E-state index contributed by atoms with van der Waals surface area (Å²) in [6.07, 6.45) is -0.504. The van der Waals surface area contributed by atoms with Crippen molar-refractivity contribution < 1.29 is 14.3 Å². The SMILES string of the molecule is CN(Cc1cc(-c2ccccc2)n[nH]1)C(=O)C1COCCO1. The molecule has 1 saturated heterocycles. The van der Waals surface area contributed by atoms with E-state index < -0.39 is 6.10 Å². The largest absolute Gasteiger partial charge is 0.376 e. The summed E-state index contributed by atoms with van der Waals surface area (Å²) >= 11 is 0. The van der Waals surface area contributed by atoms with Gasteiger partial charge in [-0.25, -0.2) is 0 Å². The molecule has 1 N–H and O–H groups in total. The fraction of sp³-hybridized carbons (Fsp3) is 0.375. The van der Waals surface area contributed by atoms with E-state index >= 15 is 0 Å². The lowest BCUT2D eigenvalue weighted by Crippen LogP contribution is -2.43. The number of ether oxygens (including phenoxy) is 2. The number of aromatic nitrogens is 2. The minimum atomic E-state index is -0.504.